The molecule has 1 fully saturated rings. The second kappa shape index (κ2) is 7.25. The lowest BCUT2D eigenvalue weighted by atomic mass is 10.0. The van der Waals surface area contributed by atoms with E-state index in [1.165, 1.54) is 13.2 Å². The number of ether oxygens (including phenoxy) is 2. The molecule has 2 rings (SSSR count). The predicted octanol–water partition coefficient (Wildman–Crippen LogP) is 4.63. The molecule has 114 valence electrons. The van der Waals surface area contributed by atoms with Crippen molar-refractivity contribution in [3.05, 3.63) is 33.3 Å². The smallest absolute Gasteiger partial charge is 0.146 e. The van der Waals surface area contributed by atoms with Crippen LogP contribution < -0.4 is 9.47 Å². The predicted molar refractivity (Wildman–Crippen MR) is 84.3 cm³/mol. The molecule has 4 nitrogen and oxygen atoms in total. The fourth-order valence-electron chi connectivity index (χ4n) is 1.96. The molecule has 21 heavy (non-hydrogen) atoms. The summed E-state index contributed by atoms with van der Waals surface area (Å²) in [7, 11) is 1.52. The Morgan fingerprint density at radius 1 is 1.43 bits per heavy atom. The maximum absolute atomic E-state index is 9.24. The van der Waals surface area contributed by atoms with Crippen LogP contribution in [0.15, 0.2) is 27.9 Å². The van der Waals surface area contributed by atoms with E-state index in [2.05, 4.69) is 5.16 Å². The van der Waals surface area contributed by atoms with E-state index in [9.17, 15) is 5.21 Å². The summed E-state index contributed by atoms with van der Waals surface area (Å²) < 4.78 is 10.9. The van der Waals surface area contributed by atoms with E-state index in [4.69, 9.17) is 44.3 Å². The summed E-state index contributed by atoms with van der Waals surface area (Å²) in [6.45, 7) is 0.208. The Hall–Kier alpha value is -1.10. The van der Waals surface area contributed by atoms with Crippen molar-refractivity contribution in [3.63, 3.8) is 0 Å². The van der Waals surface area contributed by atoms with E-state index >= 15 is 0 Å². The summed E-state index contributed by atoms with van der Waals surface area (Å²) in [6.07, 6.45) is 3.48. The molecule has 7 heteroatoms. The molecule has 0 saturated heterocycles. The van der Waals surface area contributed by atoms with Crippen molar-refractivity contribution in [2.45, 2.75) is 12.8 Å². The third-order valence-corrected chi connectivity index (χ3v) is 3.65. The molecule has 1 aliphatic carbocycles. The van der Waals surface area contributed by atoms with Crippen LogP contribution in [0, 0.1) is 5.92 Å². The lowest BCUT2D eigenvalue weighted by Crippen LogP contribution is -2.07. The SMILES string of the molecule is COc1c(Cl)cc(OCC=C(Cl)Cl)cc1/C(=N/O)C1CC1. The molecule has 0 aliphatic heterocycles. The Morgan fingerprint density at radius 3 is 2.67 bits per heavy atom. The van der Waals surface area contributed by atoms with Crippen LogP contribution in [0.3, 0.4) is 0 Å². The van der Waals surface area contributed by atoms with Gasteiger partial charge in [0, 0.05) is 17.5 Å². The first kappa shape index (κ1) is 16.3. The minimum Gasteiger partial charge on any atom is -0.494 e. The van der Waals surface area contributed by atoms with Gasteiger partial charge in [-0.1, -0.05) is 40.0 Å². The number of rotatable bonds is 6. The number of benzene rings is 1. The maximum atomic E-state index is 9.24. The van der Waals surface area contributed by atoms with E-state index in [0.717, 1.165) is 12.8 Å². The van der Waals surface area contributed by atoms with Gasteiger partial charge in [0.2, 0.25) is 0 Å². The minimum absolute atomic E-state index is 0.130. The van der Waals surface area contributed by atoms with E-state index in [0.29, 0.717) is 27.8 Å². The second-order valence-electron chi connectivity index (χ2n) is 4.55. The molecule has 0 radical (unpaired) electrons. The van der Waals surface area contributed by atoms with Gasteiger partial charge in [0.05, 0.1) is 17.8 Å². The van der Waals surface area contributed by atoms with Crippen molar-refractivity contribution in [2.24, 2.45) is 11.1 Å². The van der Waals surface area contributed by atoms with Crippen LogP contribution in [0.1, 0.15) is 18.4 Å². The van der Waals surface area contributed by atoms with E-state index in [-0.39, 0.29) is 17.0 Å². The highest BCUT2D eigenvalue weighted by Crippen LogP contribution is 2.40. The van der Waals surface area contributed by atoms with Gasteiger partial charge in [0.15, 0.2) is 0 Å². The molecule has 0 amide bonds. The first-order valence-electron chi connectivity index (χ1n) is 6.30. The van der Waals surface area contributed by atoms with Crippen LogP contribution in [0.4, 0.5) is 0 Å². The quantitative estimate of drug-likeness (QED) is 0.462. The average Bonchev–Trinajstić information content (AvgIpc) is 3.24. The molecule has 0 heterocycles. The zero-order chi connectivity index (χ0) is 15.4. The van der Waals surface area contributed by atoms with Gasteiger partial charge >= 0.3 is 0 Å². The van der Waals surface area contributed by atoms with Crippen LogP contribution in [0.5, 0.6) is 11.5 Å². The zero-order valence-corrected chi connectivity index (χ0v) is 13.5. The molecule has 1 saturated carbocycles. The van der Waals surface area contributed by atoms with Crippen LogP contribution in [-0.4, -0.2) is 24.6 Å². The second-order valence-corrected chi connectivity index (χ2v) is 5.97. The Kier molecular flexibility index (Phi) is 5.62. The molecule has 1 aromatic carbocycles. The van der Waals surface area contributed by atoms with E-state index in [1.807, 2.05) is 0 Å². The van der Waals surface area contributed by atoms with E-state index < -0.39 is 0 Å². The largest absolute Gasteiger partial charge is 0.494 e. The van der Waals surface area contributed by atoms with Crippen molar-refractivity contribution in [2.75, 3.05) is 13.7 Å². The van der Waals surface area contributed by atoms with Crippen LogP contribution in [0.25, 0.3) is 0 Å². The summed E-state index contributed by atoms with van der Waals surface area (Å²) in [6, 6.07) is 3.36. The lowest BCUT2D eigenvalue weighted by Gasteiger charge is -2.14. The van der Waals surface area contributed by atoms with Gasteiger partial charge in [-0.3, -0.25) is 0 Å². The minimum atomic E-state index is 0.130. The van der Waals surface area contributed by atoms with Crippen molar-refractivity contribution in [1.29, 1.82) is 0 Å². The summed E-state index contributed by atoms with van der Waals surface area (Å²) in [4.78, 5) is 0. The first-order chi connectivity index (χ1) is 10.1. The molecule has 0 bridgehead atoms. The molecule has 1 N–H and O–H groups in total. The number of methoxy groups -OCH3 is 1. The Bertz CT molecular complexity index is 579. The fourth-order valence-corrected chi connectivity index (χ4v) is 2.38. The van der Waals surface area contributed by atoms with Crippen molar-refractivity contribution in [3.8, 4) is 11.5 Å². The highest BCUT2D eigenvalue weighted by atomic mass is 35.5. The molecule has 0 unspecified atom stereocenters. The summed E-state index contributed by atoms with van der Waals surface area (Å²) in [5, 5.41) is 13.0. The van der Waals surface area contributed by atoms with Crippen LogP contribution in [-0.2, 0) is 0 Å². The molecule has 0 spiro atoms. The third-order valence-electron chi connectivity index (χ3n) is 3.06. The number of oxime groups is 1. The van der Waals surface area contributed by atoms with Gasteiger partial charge in [-0.25, -0.2) is 0 Å². The van der Waals surface area contributed by atoms with Crippen molar-refractivity contribution >= 4 is 40.5 Å². The number of halogens is 3. The zero-order valence-electron chi connectivity index (χ0n) is 11.3. The van der Waals surface area contributed by atoms with Crippen molar-refractivity contribution in [1.82, 2.24) is 0 Å². The number of nitrogens with zero attached hydrogens (tertiary/aromatic N) is 1. The van der Waals surface area contributed by atoms with Gasteiger partial charge in [0.25, 0.3) is 0 Å². The van der Waals surface area contributed by atoms with Gasteiger partial charge in [-0.05, 0) is 25.0 Å². The highest BCUT2D eigenvalue weighted by Gasteiger charge is 2.32. The molecule has 1 aliphatic rings. The van der Waals surface area contributed by atoms with Crippen LogP contribution >= 0.6 is 34.8 Å². The van der Waals surface area contributed by atoms with Crippen LogP contribution in [0.2, 0.25) is 5.02 Å². The number of hydrogen-bond acceptors (Lipinski definition) is 4. The standard InChI is InChI=1S/C14H14Cl3NO3/c1-20-14-10(13(18-19)8-2-3-8)6-9(7-11(14)15)21-5-4-12(16)17/h4,6-8,19H,2-3,5H2,1H3/b18-13+. The molecule has 0 aromatic heterocycles. The fraction of sp³-hybridized carbons (Fsp3) is 0.357. The van der Waals surface area contributed by atoms with Gasteiger partial charge in [-0.15, -0.1) is 0 Å². The first-order valence-corrected chi connectivity index (χ1v) is 7.44. The van der Waals surface area contributed by atoms with Crippen molar-refractivity contribution < 1.29 is 14.7 Å². The monoisotopic (exact) mass is 349 g/mol. The highest BCUT2D eigenvalue weighted by molar-refractivity contribution is 6.55. The Morgan fingerprint density at radius 2 is 2.14 bits per heavy atom. The lowest BCUT2D eigenvalue weighted by molar-refractivity contribution is 0.317. The number of hydrogen-bond donors (Lipinski definition) is 1. The summed E-state index contributed by atoms with van der Waals surface area (Å²) in [5.41, 5.74) is 1.19. The summed E-state index contributed by atoms with van der Waals surface area (Å²) >= 11 is 17.2. The molecule has 1 aromatic rings. The normalized spacial score (nSPS) is 14.8. The van der Waals surface area contributed by atoms with Gasteiger partial charge < -0.3 is 14.7 Å². The Labute approximate surface area is 137 Å². The average molecular weight is 351 g/mol. The topological polar surface area (TPSA) is 51.0 Å². The molecule has 0 atom stereocenters. The maximum Gasteiger partial charge on any atom is 0.146 e. The Balaban J connectivity index is 2.32. The van der Waals surface area contributed by atoms with Gasteiger partial charge in [-0.2, -0.15) is 0 Å². The third kappa shape index (κ3) is 4.19. The molecular weight excluding hydrogens is 337 g/mol. The van der Waals surface area contributed by atoms with E-state index in [1.54, 1.807) is 12.1 Å². The molecular formula is C14H14Cl3NO3. The van der Waals surface area contributed by atoms with Gasteiger partial charge in [0.1, 0.15) is 22.6 Å². The summed E-state index contributed by atoms with van der Waals surface area (Å²) in [5.74, 6) is 1.21.